The molecule has 2 aromatic rings. The molecule has 0 aromatic carbocycles. The topological polar surface area (TPSA) is 186 Å². The Morgan fingerprint density at radius 3 is 1.93 bits per heavy atom. The highest BCUT2D eigenvalue weighted by Crippen LogP contribution is 2.36. The second-order valence-electron chi connectivity index (χ2n) is 9.25. The Morgan fingerprint density at radius 1 is 0.935 bits per heavy atom. The van der Waals surface area contributed by atoms with E-state index < -0.39 is 36.4 Å². The molecule has 0 aliphatic carbocycles. The first-order chi connectivity index (χ1) is 21.1. The lowest BCUT2D eigenvalue weighted by Gasteiger charge is -2.23. The van der Waals surface area contributed by atoms with Crippen LogP contribution in [0, 0.1) is 11.3 Å². The molecule has 46 heavy (non-hydrogen) atoms. The molecule has 21 heteroatoms. The van der Waals surface area contributed by atoms with E-state index in [2.05, 4.69) is 32.3 Å². The summed E-state index contributed by atoms with van der Waals surface area (Å²) in [6, 6.07) is 13.8. The van der Waals surface area contributed by atoms with E-state index in [4.69, 9.17) is 39.7 Å². The number of carboxylic acid groups (broad SMARTS) is 3. The lowest BCUT2D eigenvalue weighted by molar-refractivity contribution is -0.193. The molecule has 2 atom stereocenters. The van der Waals surface area contributed by atoms with Crippen LogP contribution in [0.4, 0.5) is 45.3 Å². The van der Waals surface area contributed by atoms with Crippen molar-refractivity contribution in [2.75, 3.05) is 25.0 Å². The third kappa shape index (κ3) is 14.4. The number of hydrogen-bond donors (Lipinski definition) is 4. The Balaban J connectivity index is 0.000000413. The van der Waals surface area contributed by atoms with Crippen LogP contribution in [-0.2, 0) is 25.7 Å². The number of pyridine rings is 2. The van der Waals surface area contributed by atoms with Crippen LogP contribution in [0.5, 0.6) is 0 Å². The van der Waals surface area contributed by atoms with Crippen molar-refractivity contribution in [3.63, 3.8) is 0 Å². The monoisotopic (exact) mass is 677 g/mol. The third-order valence-electron chi connectivity index (χ3n) is 5.66. The van der Waals surface area contributed by atoms with Crippen molar-refractivity contribution in [3.8, 4) is 6.07 Å². The van der Waals surface area contributed by atoms with E-state index in [0.29, 0.717) is 12.3 Å². The highest BCUT2D eigenvalue weighted by Gasteiger charge is 2.45. The van der Waals surface area contributed by atoms with E-state index in [9.17, 15) is 39.5 Å². The predicted molar refractivity (Wildman–Crippen MR) is 135 cm³/mol. The molecule has 0 saturated carbocycles. The minimum atomic E-state index is -5.08. The number of aromatic nitrogens is 2. The Morgan fingerprint density at radius 2 is 1.48 bits per heavy atom. The maximum atomic E-state index is 10.6. The fourth-order valence-electron chi connectivity index (χ4n) is 3.79. The zero-order valence-electron chi connectivity index (χ0n) is 23.0. The van der Waals surface area contributed by atoms with Crippen LogP contribution in [0.25, 0.3) is 0 Å². The number of nitriles is 1. The average molecular weight is 677 g/mol. The van der Waals surface area contributed by atoms with Gasteiger partial charge in [-0.3, -0.25) is 9.88 Å². The van der Waals surface area contributed by atoms with E-state index in [1.165, 1.54) is 0 Å². The van der Waals surface area contributed by atoms with Gasteiger partial charge in [-0.1, -0.05) is 12.1 Å². The van der Waals surface area contributed by atoms with Gasteiger partial charge in [0, 0.05) is 32.3 Å². The predicted octanol–water partition coefficient (Wildman–Crippen LogP) is 4.09. The number of carboxylic acids is 3. The summed E-state index contributed by atoms with van der Waals surface area (Å²) in [5.74, 6) is -7.53. The van der Waals surface area contributed by atoms with Gasteiger partial charge in [-0.2, -0.15) is 44.8 Å². The van der Waals surface area contributed by atoms with Crippen molar-refractivity contribution in [2.24, 2.45) is 0 Å². The van der Waals surface area contributed by atoms with E-state index in [1.807, 2.05) is 30.5 Å². The van der Waals surface area contributed by atoms with Gasteiger partial charge in [-0.25, -0.2) is 19.4 Å². The summed E-state index contributed by atoms with van der Waals surface area (Å²) in [6.45, 7) is 3.52. The van der Waals surface area contributed by atoms with Crippen LogP contribution in [0.3, 0.4) is 0 Å². The van der Waals surface area contributed by atoms with Gasteiger partial charge in [-0.15, -0.1) is 0 Å². The minimum absolute atomic E-state index is 0.0702. The van der Waals surface area contributed by atoms with E-state index >= 15 is 0 Å². The number of ether oxygens (including phenoxy) is 1. The van der Waals surface area contributed by atoms with Crippen molar-refractivity contribution in [3.05, 3.63) is 54.0 Å². The number of anilines is 1. The molecule has 2 fully saturated rings. The minimum Gasteiger partial charge on any atom is -0.475 e. The summed E-state index contributed by atoms with van der Waals surface area (Å²) in [5.41, 5.74) is 1.46. The molecule has 1 spiro atoms. The van der Waals surface area contributed by atoms with Crippen molar-refractivity contribution >= 4 is 23.7 Å². The van der Waals surface area contributed by atoms with Crippen LogP contribution < -0.4 is 5.32 Å². The maximum absolute atomic E-state index is 10.6. The molecule has 254 valence electrons. The second kappa shape index (κ2) is 16.6. The lowest BCUT2D eigenvalue weighted by atomic mass is 9.97. The molecule has 2 aliphatic heterocycles. The molecule has 12 nitrogen and oxygen atoms in total. The molecule has 2 aliphatic rings. The first-order valence-electron chi connectivity index (χ1n) is 12.4. The molecule has 0 radical (unpaired) electrons. The van der Waals surface area contributed by atoms with Gasteiger partial charge < -0.3 is 25.4 Å². The summed E-state index contributed by atoms with van der Waals surface area (Å²) in [4.78, 5) is 37.8. The Hall–Kier alpha value is -4.71. The molecule has 4 rings (SSSR count). The van der Waals surface area contributed by atoms with Crippen molar-refractivity contribution < 1.29 is 74.0 Å². The smallest absolute Gasteiger partial charge is 0.475 e. The molecular weight excluding hydrogens is 653 g/mol. The van der Waals surface area contributed by atoms with Crippen molar-refractivity contribution in [2.45, 2.75) is 49.6 Å². The number of rotatable bonds is 4. The van der Waals surface area contributed by atoms with E-state index in [1.54, 1.807) is 6.07 Å². The molecule has 0 amide bonds. The summed E-state index contributed by atoms with van der Waals surface area (Å²) in [7, 11) is 0. The fraction of sp³-hybridized carbons (Fsp3) is 0.440. The first kappa shape index (κ1) is 39.3. The van der Waals surface area contributed by atoms with Gasteiger partial charge in [0.05, 0.1) is 23.9 Å². The SMILES string of the molecule is N#Cc1cccc(NC2COC3(CCN(Cc4ccccn4)C3)C2)n1.O=C(O)C(F)(F)F.O=C(O)C(F)(F)F.O=C(O)C(F)(F)F. The third-order valence-corrected chi connectivity index (χ3v) is 5.66. The summed E-state index contributed by atoms with van der Waals surface area (Å²) >= 11 is 0. The number of carbonyl (C=O) groups is 3. The molecule has 4 heterocycles. The largest absolute Gasteiger partial charge is 0.490 e. The van der Waals surface area contributed by atoms with Gasteiger partial charge in [0.15, 0.2) is 0 Å². The van der Waals surface area contributed by atoms with Crippen LogP contribution in [0.15, 0.2) is 42.6 Å². The normalized spacial score (nSPS) is 19.3. The highest BCUT2D eigenvalue weighted by molar-refractivity contribution is 5.73. The van der Waals surface area contributed by atoms with Gasteiger partial charge in [-0.05, 0) is 30.7 Å². The number of hydrogen-bond acceptors (Lipinski definition) is 9. The maximum Gasteiger partial charge on any atom is 0.490 e. The summed E-state index contributed by atoms with van der Waals surface area (Å²) in [6.07, 6.45) is -11.4. The number of likely N-dealkylation sites (tertiary alicyclic amines) is 1. The Labute approximate surface area is 253 Å². The quantitative estimate of drug-likeness (QED) is 0.340. The summed E-state index contributed by atoms with van der Waals surface area (Å²) in [5, 5.41) is 33.8. The van der Waals surface area contributed by atoms with E-state index in [0.717, 1.165) is 44.0 Å². The molecule has 2 aromatic heterocycles. The molecule has 0 bridgehead atoms. The lowest BCUT2D eigenvalue weighted by Crippen LogP contribution is -2.33. The Bertz CT molecular complexity index is 1300. The van der Waals surface area contributed by atoms with Crippen LogP contribution in [0.1, 0.15) is 24.2 Å². The number of halogens is 9. The molecular formula is C25H24F9N5O7. The Kier molecular flexibility index (Phi) is 14.2. The molecule has 4 N–H and O–H groups in total. The number of nitrogens with one attached hydrogen (secondary N) is 1. The van der Waals surface area contributed by atoms with Crippen molar-refractivity contribution in [1.82, 2.24) is 14.9 Å². The van der Waals surface area contributed by atoms with Crippen LogP contribution in [0.2, 0.25) is 0 Å². The first-order valence-corrected chi connectivity index (χ1v) is 12.4. The van der Waals surface area contributed by atoms with Crippen molar-refractivity contribution in [1.29, 1.82) is 5.26 Å². The van der Waals surface area contributed by atoms with Gasteiger partial charge in [0.25, 0.3) is 0 Å². The van der Waals surface area contributed by atoms with Gasteiger partial charge >= 0.3 is 36.4 Å². The van der Waals surface area contributed by atoms with Crippen LogP contribution in [-0.4, -0.2) is 98.0 Å². The number of alkyl halides is 9. The zero-order valence-corrected chi connectivity index (χ0v) is 23.0. The van der Waals surface area contributed by atoms with Gasteiger partial charge in [0.1, 0.15) is 17.6 Å². The zero-order chi connectivity index (χ0) is 35.3. The van der Waals surface area contributed by atoms with Crippen LogP contribution >= 0.6 is 0 Å². The van der Waals surface area contributed by atoms with E-state index in [-0.39, 0.29) is 11.6 Å². The molecule has 2 unspecified atom stereocenters. The fourth-order valence-corrected chi connectivity index (χ4v) is 3.79. The molecule has 2 saturated heterocycles. The standard InChI is InChI=1S/C19H21N5O.3C2HF3O2/c20-11-15-5-3-6-18(22-15)23-17-10-19(25-13-17)7-9-24(14-19)12-16-4-1-2-8-21-16;3*3-2(4,5)1(6)7/h1-6,8,17H,7,9-10,12-14H2,(H,22,23);3*(H,6,7). The highest BCUT2D eigenvalue weighted by atomic mass is 19.4. The number of nitrogens with zero attached hydrogens (tertiary/aromatic N) is 4. The average Bonchev–Trinajstić information content (AvgIpc) is 3.53. The number of aliphatic carboxylic acids is 3. The second-order valence-corrected chi connectivity index (χ2v) is 9.25. The summed E-state index contributed by atoms with van der Waals surface area (Å²) < 4.78 is 101. The van der Waals surface area contributed by atoms with Gasteiger partial charge in [0.2, 0.25) is 0 Å².